The Balaban J connectivity index is 2.09. The van der Waals surface area contributed by atoms with E-state index in [4.69, 9.17) is 0 Å². The maximum absolute atomic E-state index is 2.44. The predicted molar refractivity (Wildman–Crippen MR) is 66.7 cm³/mol. The molecule has 0 heteroatoms. The summed E-state index contributed by atoms with van der Waals surface area (Å²) in [6.45, 7) is 9.76. The molecule has 2 rings (SSSR count). The van der Waals surface area contributed by atoms with Crippen molar-refractivity contribution in [1.82, 2.24) is 0 Å². The van der Waals surface area contributed by atoms with Gasteiger partial charge in [0.2, 0.25) is 0 Å². The van der Waals surface area contributed by atoms with Crippen LogP contribution in [0, 0.1) is 35.5 Å². The molecule has 0 saturated heterocycles. The molecule has 0 nitrogen and oxygen atoms in total. The molecule has 0 aliphatic heterocycles. The molecular formula is C15H28. The first kappa shape index (κ1) is 11.5. The first-order valence-electron chi connectivity index (χ1n) is 7.11. The van der Waals surface area contributed by atoms with Crippen molar-refractivity contribution in [3.8, 4) is 0 Å². The lowest BCUT2D eigenvalue weighted by molar-refractivity contribution is 0.0611. The number of hydrogen-bond donors (Lipinski definition) is 0. The smallest absolute Gasteiger partial charge is 0.0352 e. The normalized spacial score (nSPS) is 41.2. The van der Waals surface area contributed by atoms with Gasteiger partial charge in [-0.3, -0.25) is 0 Å². The Hall–Kier alpha value is 0. The van der Waals surface area contributed by atoms with Crippen LogP contribution in [0.5, 0.6) is 0 Å². The molecule has 0 radical (unpaired) electrons. The molecule has 88 valence electrons. The summed E-state index contributed by atoms with van der Waals surface area (Å²) in [6.07, 6.45) is 7.62. The van der Waals surface area contributed by atoms with E-state index in [1.54, 1.807) is 0 Å². The maximum Gasteiger partial charge on any atom is -0.0352 e. The lowest BCUT2D eigenvalue weighted by atomic mass is 9.62. The molecule has 0 heterocycles. The van der Waals surface area contributed by atoms with Gasteiger partial charge in [-0.1, -0.05) is 34.1 Å². The molecule has 0 aromatic heterocycles. The van der Waals surface area contributed by atoms with Crippen LogP contribution in [0.1, 0.15) is 59.8 Å². The second-order valence-electron chi connectivity index (χ2n) is 6.65. The van der Waals surface area contributed by atoms with Gasteiger partial charge >= 0.3 is 0 Å². The summed E-state index contributed by atoms with van der Waals surface area (Å²) in [7, 11) is 0. The van der Waals surface area contributed by atoms with Crippen LogP contribution in [0.15, 0.2) is 0 Å². The molecule has 0 N–H and O–H groups in total. The van der Waals surface area contributed by atoms with Crippen molar-refractivity contribution in [2.24, 2.45) is 35.5 Å². The van der Waals surface area contributed by atoms with Crippen LogP contribution >= 0.6 is 0 Å². The molecule has 0 spiro atoms. The van der Waals surface area contributed by atoms with Crippen molar-refractivity contribution in [2.45, 2.75) is 59.8 Å². The van der Waals surface area contributed by atoms with Crippen LogP contribution < -0.4 is 0 Å². The molecule has 0 amide bonds. The van der Waals surface area contributed by atoms with Crippen molar-refractivity contribution in [3.63, 3.8) is 0 Å². The second kappa shape index (κ2) is 4.47. The summed E-state index contributed by atoms with van der Waals surface area (Å²) in [5, 5.41) is 0. The van der Waals surface area contributed by atoms with Gasteiger partial charge in [0.05, 0.1) is 0 Å². The minimum Gasteiger partial charge on any atom is -0.0625 e. The van der Waals surface area contributed by atoms with E-state index in [2.05, 4.69) is 27.7 Å². The lowest BCUT2D eigenvalue weighted by Gasteiger charge is -2.43. The maximum atomic E-state index is 2.44. The van der Waals surface area contributed by atoms with Gasteiger partial charge in [-0.25, -0.2) is 0 Å². The predicted octanol–water partition coefficient (Wildman–Crippen LogP) is 4.74. The van der Waals surface area contributed by atoms with E-state index in [1.807, 2.05) is 0 Å². The summed E-state index contributed by atoms with van der Waals surface area (Å²) in [4.78, 5) is 0. The highest BCUT2D eigenvalue weighted by Gasteiger charge is 2.43. The molecule has 4 unspecified atom stereocenters. The van der Waals surface area contributed by atoms with Gasteiger partial charge in [0, 0.05) is 0 Å². The summed E-state index contributed by atoms with van der Waals surface area (Å²) < 4.78 is 0. The monoisotopic (exact) mass is 208 g/mol. The zero-order valence-electron chi connectivity index (χ0n) is 11.0. The molecule has 0 aromatic rings. The van der Waals surface area contributed by atoms with E-state index in [9.17, 15) is 0 Å². The van der Waals surface area contributed by atoms with Crippen LogP contribution in [0.4, 0.5) is 0 Å². The van der Waals surface area contributed by atoms with E-state index < -0.39 is 0 Å². The first-order valence-corrected chi connectivity index (χ1v) is 7.11. The molecule has 0 bridgehead atoms. The highest BCUT2D eigenvalue weighted by atomic mass is 14.5. The molecule has 2 fully saturated rings. The third-order valence-electron chi connectivity index (χ3n) is 5.27. The Bertz CT molecular complexity index is 182. The topological polar surface area (TPSA) is 0 Å². The zero-order valence-corrected chi connectivity index (χ0v) is 11.0. The van der Waals surface area contributed by atoms with Gasteiger partial charge in [0.25, 0.3) is 0 Å². The number of hydrogen-bond acceptors (Lipinski definition) is 0. The molecule has 0 aromatic carbocycles. The van der Waals surface area contributed by atoms with Crippen LogP contribution in [0.2, 0.25) is 0 Å². The molecule has 15 heavy (non-hydrogen) atoms. The summed E-state index contributed by atoms with van der Waals surface area (Å²) in [5.74, 6) is 6.12. The van der Waals surface area contributed by atoms with Crippen LogP contribution in [0.3, 0.4) is 0 Å². The number of fused-ring (bicyclic) bond motifs is 1. The quantitative estimate of drug-likeness (QED) is 0.615. The third kappa shape index (κ3) is 2.10. The Labute approximate surface area is 95.8 Å². The zero-order chi connectivity index (χ0) is 11.0. The highest BCUT2D eigenvalue weighted by molar-refractivity contribution is 4.93. The molecule has 2 aliphatic carbocycles. The van der Waals surface area contributed by atoms with Crippen molar-refractivity contribution in [3.05, 3.63) is 0 Å². The minimum atomic E-state index is 0.920. The largest absolute Gasteiger partial charge is 0.0625 e. The highest BCUT2D eigenvalue weighted by Crippen LogP contribution is 2.52. The van der Waals surface area contributed by atoms with Crippen molar-refractivity contribution in [2.75, 3.05) is 0 Å². The van der Waals surface area contributed by atoms with Gasteiger partial charge in [-0.15, -0.1) is 0 Å². The third-order valence-corrected chi connectivity index (χ3v) is 5.27. The summed E-state index contributed by atoms with van der Waals surface area (Å²) in [5.41, 5.74) is 0. The van der Waals surface area contributed by atoms with E-state index in [0.717, 1.165) is 35.5 Å². The number of rotatable bonds is 2. The summed E-state index contributed by atoms with van der Waals surface area (Å²) in [6, 6.07) is 0. The fourth-order valence-corrected chi connectivity index (χ4v) is 4.55. The Morgan fingerprint density at radius 1 is 0.667 bits per heavy atom. The van der Waals surface area contributed by atoms with Crippen molar-refractivity contribution < 1.29 is 0 Å². The van der Waals surface area contributed by atoms with E-state index in [-0.39, 0.29) is 0 Å². The Morgan fingerprint density at radius 3 is 1.40 bits per heavy atom. The van der Waals surface area contributed by atoms with Crippen LogP contribution in [-0.2, 0) is 0 Å². The SMILES string of the molecule is CC(C)C1CCC(C(C)C)C2CCCC12. The average molecular weight is 208 g/mol. The fourth-order valence-electron chi connectivity index (χ4n) is 4.55. The average Bonchev–Trinajstić information content (AvgIpc) is 2.63. The second-order valence-corrected chi connectivity index (χ2v) is 6.65. The van der Waals surface area contributed by atoms with Gasteiger partial charge in [0.15, 0.2) is 0 Å². The Kier molecular flexibility index (Phi) is 3.42. The van der Waals surface area contributed by atoms with Gasteiger partial charge < -0.3 is 0 Å². The van der Waals surface area contributed by atoms with Crippen LogP contribution in [0.25, 0.3) is 0 Å². The minimum absolute atomic E-state index is 0.920. The van der Waals surface area contributed by atoms with Gasteiger partial charge in [-0.05, 0) is 61.2 Å². The first-order chi connectivity index (χ1) is 7.11. The van der Waals surface area contributed by atoms with Gasteiger partial charge in [0.1, 0.15) is 0 Å². The molecule has 2 aliphatic rings. The standard InChI is InChI=1S/C15H28/c1-10(2)12-8-9-13(11(3)4)15-7-5-6-14(12)15/h10-15H,5-9H2,1-4H3. The fraction of sp³-hybridized carbons (Fsp3) is 1.00. The lowest BCUT2D eigenvalue weighted by Crippen LogP contribution is -2.35. The molecular weight excluding hydrogens is 180 g/mol. The molecule has 4 atom stereocenters. The van der Waals surface area contributed by atoms with E-state index in [0.29, 0.717) is 0 Å². The van der Waals surface area contributed by atoms with Crippen LogP contribution in [-0.4, -0.2) is 0 Å². The van der Waals surface area contributed by atoms with Crippen molar-refractivity contribution >= 4 is 0 Å². The van der Waals surface area contributed by atoms with E-state index in [1.165, 1.54) is 32.1 Å². The van der Waals surface area contributed by atoms with E-state index >= 15 is 0 Å². The summed E-state index contributed by atoms with van der Waals surface area (Å²) >= 11 is 0. The Morgan fingerprint density at radius 2 is 1.07 bits per heavy atom. The molecule has 2 saturated carbocycles. The van der Waals surface area contributed by atoms with Crippen molar-refractivity contribution in [1.29, 1.82) is 0 Å². The van der Waals surface area contributed by atoms with Gasteiger partial charge in [-0.2, -0.15) is 0 Å².